The van der Waals surface area contributed by atoms with Crippen molar-refractivity contribution in [2.24, 2.45) is 0 Å². The summed E-state index contributed by atoms with van der Waals surface area (Å²) in [4.78, 5) is 24.8. The van der Waals surface area contributed by atoms with Crippen molar-refractivity contribution in [3.05, 3.63) is 67.1 Å². The maximum Gasteiger partial charge on any atom is 0.162 e. The Morgan fingerprint density at radius 3 is 2.88 bits per heavy atom. The van der Waals surface area contributed by atoms with Gasteiger partial charge < -0.3 is 14.6 Å². The van der Waals surface area contributed by atoms with E-state index in [1.54, 1.807) is 6.20 Å². The predicted octanol–water partition coefficient (Wildman–Crippen LogP) is 4.46. The molecule has 0 spiro atoms. The summed E-state index contributed by atoms with van der Waals surface area (Å²) in [5.41, 5.74) is 5.52. The van der Waals surface area contributed by atoms with Gasteiger partial charge in [-0.2, -0.15) is 0 Å². The molecule has 4 aromatic heterocycles. The highest BCUT2D eigenvalue weighted by Gasteiger charge is 2.25. The first-order valence-corrected chi connectivity index (χ1v) is 10.8. The fourth-order valence-corrected chi connectivity index (χ4v) is 4.32. The zero-order valence-corrected chi connectivity index (χ0v) is 17.7. The van der Waals surface area contributed by atoms with Gasteiger partial charge in [-0.3, -0.25) is 4.98 Å². The van der Waals surface area contributed by atoms with Gasteiger partial charge in [-0.15, -0.1) is 0 Å². The molecule has 0 bridgehead atoms. The number of rotatable bonds is 3. The van der Waals surface area contributed by atoms with Crippen molar-refractivity contribution < 1.29 is 4.74 Å². The maximum absolute atomic E-state index is 5.68. The summed E-state index contributed by atoms with van der Waals surface area (Å²) in [5, 5.41) is 1.10. The predicted molar refractivity (Wildman–Crippen MR) is 125 cm³/mol. The number of nitrogens with one attached hydrogen (secondary N) is 1. The van der Waals surface area contributed by atoms with Crippen LogP contribution in [0.2, 0.25) is 0 Å². The molecule has 1 saturated heterocycles. The maximum atomic E-state index is 5.68. The van der Waals surface area contributed by atoms with Crippen LogP contribution in [0.15, 0.2) is 67.1 Å². The standard InChI is InChI=1S/C25H22N6O/c1-16-15-32-13-12-31(16)25-23-22(8-7-20(28-23)17-4-3-10-26-14-17)29-24(30-25)19-5-2-6-21-18(19)9-11-27-21/h2-11,14,16,27H,12-13,15H2,1H3/t16-/m1/s1. The Labute approximate surface area is 185 Å². The number of H-pyrrole nitrogens is 1. The Bertz CT molecular complexity index is 1410. The highest BCUT2D eigenvalue weighted by Crippen LogP contribution is 2.32. The largest absolute Gasteiger partial charge is 0.377 e. The van der Waals surface area contributed by atoms with Crippen LogP contribution in [-0.2, 0) is 4.74 Å². The van der Waals surface area contributed by atoms with Crippen LogP contribution >= 0.6 is 0 Å². The van der Waals surface area contributed by atoms with Crippen LogP contribution in [0.5, 0.6) is 0 Å². The zero-order chi connectivity index (χ0) is 21.5. The molecule has 1 N–H and O–H groups in total. The Morgan fingerprint density at radius 1 is 1.03 bits per heavy atom. The third-order valence-corrected chi connectivity index (χ3v) is 5.96. The molecular weight excluding hydrogens is 400 g/mol. The number of fused-ring (bicyclic) bond motifs is 2. The van der Waals surface area contributed by atoms with E-state index >= 15 is 0 Å². The Morgan fingerprint density at radius 2 is 2.00 bits per heavy atom. The number of pyridine rings is 2. The molecule has 1 aliphatic rings. The minimum atomic E-state index is 0.196. The van der Waals surface area contributed by atoms with Gasteiger partial charge in [-0.1, -0.05) is 12.1 Å². The van der Waals surface area contributed by atoms with Crippen molar-refractivity contribution in [1.29, 1.82) is 0 Å². The van der Waals surface area contributed by atoms with Gasteiger partial charge in [-0.25, -0.2) is 15.0 Å². The molecule has 6 rings (SSSR count). The number of morpholine rings is 1. The van der Waals surface area contributed by atoms with E-state index in [0.29, 0.717) is 19.0 Å². The fraction of sp³-hybridized carbons (Fsp3) is 0.200. The highest BCUT2D eigenvalue weighted by molar-refractivity contribution is 5.96. The molecule has 0 saturated carbocycles. The summed E-state index contributed by atoms with van der Waals surface area (Å²) in [7, 11) is 0. The number of ether oxygens (including phenoxy) is 1. The molecule has 1 aromatic carbocycles. The second-order valence-corrected chi connectivity index (χ2v) is 8.04. The number of hydrogen-bond acceptors (Lipinski definition) is 6. The van der Waals surface area contributed by atoms with E-state index in [9.17, 15) is 0 Å². The van der Waals surface area contributed by atoms with Crippen LogP contribution in [0.4, 0.5) is 5.82 Å². The van der Waals surface area contributed by atoms with Crippen molar-refractivity contribution in [2.45, 2.75) is 13.0 Å². The van der Waals surface area contributed by atoms with Crippen LogP contribution in [0.25, 0.3) is 44.6 Å². The third-order valence-electron chi connectivity index (χ3n) is 5.96. The first kappa shape index (κ1) is 18.9. The summed E-state index contributed by atoms with van der Waals surface area (Å²) >= 11 is 0. The lowest BCUT2D eigenvalue weighted by molar-refractivity contribution is 0.0987. The number of nitrogens with zero attached hydrogens (tertiary/aromatic N) is 5. The minimum absolute atomic E-state index is 0.196. The van der Waals surface area contributed by atoms with Crippen molar-refractivity contribution in [2.75, 3.05) is 24.7 Å². The first-order chi connectivity index (χ1) is 15.8. The number of benzene rings is 1. The lowest BCUT2D eigenvalue weighted by Gasteiger charge is -2.34. The van der Waals surface area contributed by atoms with Crippen LogP contribution < -0.4 is 4.90 Å². The minimum Gasteiger partial charge on any atom is -0.377 e. The lowest BCUT2D eigenvalue weighted by atomic mass is 10.1. The quantitative estimate of drug-likeness (QED) is 0.462. The smallest absolute Gasteiger partial charge is 0.162 e. The first-order valence-electron chi connectivity index (χ1n) is 10.8. The normalized spacial score (nSPS) is 16.7. The van der Waals surface area contributed by atoms with Crippen molar-refractivity contribution in [3.63, 3.8) is 0 Å². The SMILES string of the molecule is C[C@@H]1COCCN1c1nc(-c2cccc3[nH]ccc23)nc2ccc(-c3cccnc3)nc12. The Kier molecular flexibility index (Phi) is 4.54. The summed E-state index contributed by atoms with van der Waals surface area (Å²) in [5.74, 6) is 1.55. The molecule has 7 heteroatoms. The van der Waals surface area contributed by atoms with Crippen molar-refractivity contribution in [3.8, 4) is 22.6 Å². The summed E-state index contributed by atoms with van der Waals surface area (Å²) < 4.78 is 5.68. The van der Waals surface area contributed by atoms with E-state index in [4.69, 9.17) is 19.7 Å². The average Bonchev–Trinajstić information content (AvgIpc) is 3.33. The van der Waals surface area contributed by atoms with Crippen molar-refractivity contribution >= 4 is 27.8 Å². The molecule has 0 aliphatic carbocycles. The lowest BCUT2D eigenvalue weighted by Crippen LogP contribution is -2.44. The Hall–Kier alpha value is -3.84. The summed E-state index contributed by atoms with van der Waals surface area (Å²) in [6.45, 7) is 4.25. The Balaban J connectivity index is 1.59. The fourth-order valence-electron chi connectivity index (χ4n) is 4.32. The van der Waals surface area contributed by atoms with Gasteiger partial charge in [-0.05, 0) is 43.3 Å². The van der Waals surface area contributed by atoms with Gasteiger partial charge >= 0.3 is 0 Å². The molecule has 0 amide bonds. The molecule has 5 aromatic rings. The zero-order valence-electron chi connectivity index (χ0n) is 17.7. The van der Waals surface area contributed by atoms with Gasteiger partial charge in [0.25, 0.3) is 0 Å². The number of hydrogen-bond donors (Lipinski definition) is 1. The monoisotopic (exact) mass is 422 g/mol. The molecule has 0 radical (unpaired) electrons. The second kappa shape index (κ2) is 7.69. The van der Waals surface area contributed by atoms with Gasteiger partial charge in [0.2, 0.25) is 0 Å². The van der Waals surface area contributed by atoms with Crippen LogP contribution in [0, 0.1) is 0 Å². The number of anilines is 1. The van der Waals surface area contributed by atoms with Gasteiger partial charge in [0.1, 0.15) is 5.52 Å². The molecule has 32 heavy (non-hydrogen) atoms. The number of aromatic nitrogens is 5. The highest BCUT2D eigenvalue weighted by atomic mass is 16.5. The number of aromatic amines is 1. The topological polar surface area (TPSA) is 79.8 Å². The van der Waals surface area contributed by atoms with Crippen LogP contribution in [-0.4, -0.2) is 50.7 Å². The van der Waals surface area contributed by atoms with E-state index < -0.39 is 0 Å². The van der Waals surface area contributed by atoms with E-state index in [2.05, 4.69) is 40.0 Å². The molecule has 7 nitrogen and oxygen atoms in total. The molecule has 158 valence electrons. The van der Waals surface area contributed by atoms with Gasteiger partial charge in [0, 0.05) is 47.2 Å². The summed E-state index contributed by atoms with van der Waals surface area (Å²) in [6, 6.07) is 16.4. The van der Waals surface area contributed by atoms with Gasteiger partial charge in [0.15, 0.2) is 11.6 Å². The van der Waals surface area contributed by atoms with Crippen LogP contribution in [0.1, 0.15) is 6.92 Å². The average molecular weight is 422 g/mol. The van der Waals surface area contributed by atoms with Crippen LogP contribution in [0.3, 0.4) is 0 Å². The molecule has 0 unspecified atom stereocenters. The van der Waals surface area contributed by atoms with E-state index in [-0.39, 0.29) is 6.04 Å². The molecular formula is C25H22N6O. The van der Waals surface area contributed by atoms with Crippen molar-refractivity contribution in [1.82, 2.24) is 24.9 Å². The van der Waals surface area contributed by atoms with E-state index in [0.717, 1.165) is 51.1 Å². The van der Waals surface area contributed by atoms with E-state index in [1.165, 1.54) is 0 Å². The van der Waals surface area contributed by atoms with Gasteiger partial charge in [0.05, 0.1) is 30.5 Å². The molecule has 1 atom stereocenters. The van der Waals surface area contributed by atoms with E-state index in [1.807, 2.05) is 42.7 Å². The second-order valence-electron chi connectivity index (χ2n) is 8.04. The third kappa shape index (κ3) is 3.18. The summed E-state index contributed by atoms with van der Waals surface area (Å²) in [6.07, 6.45) is 5.54. The molecule has 1 fully saturated rings. The molecule has 1 aliphatic heterocycles. The molecule has 5 heterocycles.